The van der Waals surface area contributed by atoms with E-state index in [2.05, 4.69) is 15.3 Å². The first-order valence-electron chi connectivity index (χ1n) is 8.32. The van der Waals surface area contributed by atoms with Crippen molar-refractivity contribution in [2.24, 2.45) is 11.1 Å². The highest BCUT2D eigenvalue weighted by Gasteiger charge is 2.72. The smallest absolute Gasteiger partial charge is 0.230 e. The summed E-state index contributed by atoms with van der Waals surface area (Å²) in [6.45, 7) is 1.79. The van der Waals surface area contributed by atoms with Crippen LogP contribution in [0.15, 0.2) is 36.7 Å². The summed E-state index contributed by atoms with van der Waals surface area (Å²) < 4.78 is 18.4. The molecule has 3 heterocycles. The van der Waals surface area contributed by atoms with Crippen LogP contribution < -0.4 is 15.8 Å². The van der Waals surface area contributed by atoms with Gasteiger partial charge in [0.25, 0.3) is 0 Å². The fraction of sp³-hybridized carbons (Fsp3) is 0.389. The number of nitrogens with one attached hydrogen (secondary N) is 1. The maximum Gasteiger partial charge on any atom is 0.230 e. The Labute approximate surface area is 156 Å². The normalized spacial score (nSPS) is 23.1. The highest BCUT2D eigenvalue weighted by Crippen LogP contribution is 2.68. The number of nitrogens with two attached hydrogens (primary N) is 1. The number of carbonyl (C=O) groups excluding carboxylic acids is 1. The number of rotatable bonds is 4. The molecule has 1 amide bonds. The van der Waals surface area contributed by atoms with Crippen LogP contribution in [-0.4, -0.2) is 29.0 Å². The number of ether oxygens (including phenoxy) is 1. The Morgan fingerprint density at radius 1 is 1.15 bits per heavy atom. The van der Waals surface area contributed by atoms with E-state index in [9.17, 15) is 9.18 Å². The van der Waals surface area contributed by atoms with Crippen molar-refractivity contribution in [2.75, 3.05) is 13.1 Å². The molecule has 1 saturated heterocycles. The number of primary amides is 1. The molecule has 0 radical (unpaired) electrons. The van der Waals surface area contributed by atoms with Crippen LogP contribution in [0.5, 0.6) is 11.6 Å². The number of amides is 1. The number of pyridine rings is 2. The molecule has 8 heteroatoms. The van der Waals surface area contributed by atoms with Gasteiger partial charge in [-0.05, 0) is 56.0 Å². The Hall–Kier alpha value is -2.25. The van der Waals surface area contributed by atoms with E-state index in [4.69, 9.17) is 10.5 Å². The van der Waals surface area contributed by atoms with Crippen LogP contribution in [0.1, 0.15) is 25.0 Å². The molecule has 1 aliphatic carbocycles. The van der Waals surface area contributed by atoms with Crippen molar-refractivity contribution < 1.29 is 13.9 Å². The number of hydrogen-bond acceptors (Lipinski definition) is 5. The summed E-state index contributed by atoms with van der Waals surface area (Å²) >= 11 is 0. The second kappa shape index (κ2) is 6.81. The molecule has 4 rings (SSSR count). The number of nitrogens with zero attached hydrogens (tertiary/aromatic N) is 2. The van der Waals surface area contributed by atoms with Crippen molar-refractivity contribution in [3.63, 3.8) is 0 Å². The Bertz CT molecular complexity index is 794. The Kier molecular flexibility index (Phi) is 4.86. The molecule has 26 heavy (non-hydrogen) atoms. The summed E-state index contributed by atoms with van der Waals surface area (Å²) in [4.78, 5) is 20.5. The molecular formula is C18H20ClFN4O2. The van der Waals surface area contributed by atoms with Gasteiger partial charge in [-0.2, -0.15) is 0 Å². The van der Waals surface area contributed by atoms with Gasteiger partial charge in [-0.3, -0.25) is 9.78 Å². The topological polar surface area (TPSA) is 90.1 Å². The molecule has 6 nitrogen and oxygen atoms in total. The van der Waals surface area contributed by atoms with Crippen LogP contribution in [-0.2, 0) is 10.2 Å². The molecule has 3 N–H and O–H groups in total. The van der Waals surface area contributed by atoms with Crippen LogP contribution >= 0.6 is 12.4 Å². The third-order valence-corrected chi connectivity index (χ3v) is 5.46. The fourth-order valence-electron chi connectivity index (χ4n) is 4.05. The van der Waals surface area contributed by atoms with Gasteiger partial charge < -0.3 is 15.8 Å². The molecule has 2 aromatic rings. The number of hydrogen-bond donors (Lipinski definition) is 2. The molecule has 1 unspecified atom stereocenters. The van der Waals surface area contributed by atoms with Crippen molar-refractivity contribution in [1.82, 2.24) is 15.3 Å². The van der Waals surface area contributed by atoms with E-state index >= 15 is 0 Å². The maximum absolute atomic E-state index is 12.9. The summed E-state index contributed by atoms with van der Waals surface area (Å²) in [7, 11) is 0. The second-order valence-corrected chi connectivity index (χ2v) is 6.77. The second-order valence-electron chi connectivity index (χ2n) is 6.77. The molecule has 2 aliphatic rings. The number of aromatic nitrogens is 2. The zero-order valence-corrected chi connectivity index (χ0v) is 14.9. The number of carbonyl (C=O) groups is 1. The lowest BCUT2D eigenvalue weighted by molar-refractivity contribution is -0.121. The molecule has 2 aromatic heterocycles. The molecule has 1 saturated carbocycles. The molecule has 1 aliphatic heterocycles. The summed E-state index contributed by atoms with van der Waals surface area (Å²) in [5.74, 6) is 0.0188. The molecular weight excluding hydrogens is 359 g/mol. The predicted octanol–water partition coefficient (Wildman–Crippen LogP) is 2.33. The van der Waals surface area contributed by atoms with Gasteiger partial charge in [-0.25, -0.2) is 9.37 Å². The van der Waals surface area contributed by atoms with Gasteiger partial charge in [-0.15, -0.1) is 12.4 Å². The van der Waals surface area contributed by atoms with Gasteiger partial charge in [-0.1, -0.05) is 0 Å². The minimum atomic E-state index is -0.679. The molecule has 0 bridgehead atoms. The van der Waals surface area contributed by atoms with E-state index in [0.717, 1.165) is 38.5 Å². The first kappa shape index (κ1) is 18.5. The van der Waals surface area contributed by atoms with Crippen LogP contribution in [0.3, 0.4) is 0 Å². The van der Waals surface area contributed by atoms with Crippen molar-refractivity contribution in [2.45, 2.75) is 24.7 Å². The average molecular weight is 379 g/mol. The maximum atomic E-state index is 12.9. The lowest BCUT2D eigenvalue weighted by Gasteiger charge is -2.27. The van der Waals surface area contributed by atoms with Crippen molar-refractivity contribution >= 4 is 18.3 Å². The summed E-state index contributed by atoms with van der Waals surface area (Å²) in [5, 5.41) is 3.32. The molecule has 138 valence electrons. The van der Waals surface area contributed by atoms with Crippen LogP contribution in [0.4, 0.5) is 4.39 Å². The van der Waals surface area contributed by atoms with Crippen molar-refractivity contribution in [3.8, 4) is 11.6 Å². The highest BCUT2D eigenvalue weighted by atomic mass is 35.5. The minimum absolute atomic E-state index is 0. The number of piperidine rings is 1. The van der Waals surface area contributed by atoms with E-state index in [1.165, 1.54) is 12.1 Å². The summed E-state index contributed by atoms with van der Waals surface area (Å²) in [6, 6.07) is 6.25. The zero-order valence-electron chi connectivity index (χ0n) is 14.1. The molecule has 2 fully saturated rings. The first-order valence-corrected chi connectivity index (χ1v) is 8.32. The van der Waals surface area contributed by atoms with Crippen LogP contribution in [0.25, 0.3) is 0 Å². The van der Waals surface area contributed by atoms with Crippen molar-refractivity contribution in [3.05, 3.63) is 48.2 Å². The van der Waals surface area contributed by atoms with E-state index in [1.807, 2.05) is 0 Å². The monoisotopic (exact) mass is 378 g/mol. The third-order valence-electron chi connectivity index (χ3n) is 5.46. The minimum Gasteiger partial charge on any atom is -0.437 e. The summed E-state index contributed by atoms with van der Waals surface area (Å²) in [6.07, 6.45) is 5.25. The third kappa shape index (κ3) is 2.91. The van der Waals surface area contributed by atoms with Gasteiger partial charge in [0.15, 0.2) is 0 Å². The van der Waals surface area contributed by atoms with E-state index in [0.29, 0.717) is 11.4 Å². The molecule has 0 aromatic carbocycles. The first-order chi connectivity index (χ1) is 12.1. The Balaban J connectivity index is 0.00000196. The largest absolute Gasteiger partial charge is 0.437 e. The van der Waals surface area contributed by atoms with Gasteiger partial charge >= 0.3 is 0 Å². The van der Waals surface area contributed by atoms with Crippen molar-refractivity contribution in [1.29, 1.82) is 0 Å². The predicted molar refractivity (Wildman–Crippen MR) is 95.8 cm³/mol. The van der Waals surface area contributed by atoms with Crippen LogP contribution in [0.2, 0.25) is 0 Å². The van der Waals surface area contributed by atoms with Gasteiger partial charge in [0.1, 0.15) is 11.6 Å². The highest BCUT2D eigenvalue weighted by molar-refractivity contribution is 5.91. The Morgan fingerprint density at radius 3 is 2.50 bits per heavy atom. The van der Waals surface area contributed by atoms with Gasteiger partial charge in [0.05, 0.1) is 23.5 Å². The van der Waals surface area contributed by atoms with E-state index in [1.54, 1.807) is 18.3 Å². The van der Waals surface area contributed by atoms with Gasteiger partial charge in [0, 0.05) is 6.07 Å². The quantitative estimate of drug-likeness (QED) is 0.852. The molecule has 1 atom stereocenters. The van der Waals surface area contributed by atoms with Crippen LogP contribution in [0, 0.1) is 11.2 Å². The van der Waals surface area contributed by atoms with E-state index in [-0.39, 0.29) is 29.6 Å². The SMILES string of the molecule is Cl.NC(=O)C1(c2ccc(Oc3ccc(F)cn3)cn2)CC12CCNCC2. The zero-order chi connectivity index (χ0) is 17.5. The lowest BCUT2D eigenvalue weighted by Crippen LogP contribution is -2.40. The molecule has 1 spiro atoms. The Morgan fingerprint density at radius 2 is 1.92 bits per heavy atom. The fourth-order valence-corrected chi connectivity index (χ4v) is 4.05. The lowest BCUT2D eigenvalue weighted by atomic mass is 9.82. The van der Waals surface area contributed by atoms with E-state index < -0.39 is 11.2 Å². The number of halogens is 2. The van der Waals surface area contributed by atoms with Gasteiger partial charge in [0.2, 0.25) is 11.8 Å². The average Bonchev–Trinajstić information content (AvgIpc) is 3.27. The summed E-state index contributed by atoms with van der Waals surface area (Å²) in [5.41, 5.74) is 5.72. The standard InChI is InChI=1S/C18H19FN4O2.ClH/c19-12-1-4-15(23-9-12)25-13-2-3-14(22-10-13)18(16(20)24)11-17(18)5-7-21-8-6-17;/h1-4,9-10,21H,5-8,11H2,(H2,20,24);1H.